The number of aliphatic imine (C=N–C) groups is 1. The Morgan fingerprint density at radius 2 is 2.33 bits per heavy atom. The molecule has 1 saturated carbocycles. The van der Waals surface area contributed by atoms with Gasteiger partial charge in [-0.25, -0.2) is 0 Å². The molecule has 100 valence electrons. The van der Waals surface area contributed by atoms with Crippen molar-refractivity contribution in [2.75, 3.05) is 27.7 Å². The van der Waals surface area contributed by atoms with E-state index in [1.54, 1.807) is 11.3 Å². The van der Waals surface area contributed by atoms with Crippen molar-refractivity contribution in [2.45, 2.75) is 24.9 Å². The molecular weight excluding hydrogens is 244 g/mol. The fourth-order valence-corrected chi connectivity index (χ4v) is 2.58. The zero-order valence-electron chi connectivity index (χ0n) is 11.3. The molecule has 1 atom stereocenters. The van der Waals surface area contributed by atoms with E-state index in [4.69, 9.17) is 0 Å². The highest BCUT2D eigenvalue weighted by molar-refractivity contribution is 7.07. The van der Waals surface area contributed by atoms with Gasteiger partial charge in [0.2, 0.25) is 0 Å². The van der Waals surface area contributed by atoms with Crippen LogP contribution in [0, 0.1) is 0 Å². The number of rotatable bonds is 5. The molecular formula is C13H22N4S. The largest absolute Gasteiger partial charge is 0.354 e. The molecule has 0 radical (unpaired) electrons. The fraction of sp³-hybridized carbons (Fsp3) is 0.615. The van der Waals surface area contributed by atoms with Crippen molar-refractivity contribution in [2.24, 2.45) is 4.99 Å². The minimum Gasteiger partial charge on any atom is -0.354 e. The molecule has 4 nitrogen and oxygen atoms in total. The molecule has 1 aliphatic carbocycles. The first-order valence-corrected chi connectivity index (χ1v) is 7.30. The van der Waals surface area contributed by atoms with Gasteiger partial charge in [-0.15, -0.1) is 0 Å². The van der Waals surface area contributed by atoms with Crippen LogP contribution in [0.2, 0.25) is 0 Å². The second kappa shape index (κ2) is 6.20. The minimum absolute atomic E-state index is 0.383. The number of hydrogen-bond acceptors (Lipinski definition) is 3. The lowest BCUT2D eigenvalue weighted by atomic mass is 10.1. The van der Waals surface area contributed by atoms with Crippen LogP contribution < -0.4 is 10.6 Å². The molecule has 1 heterocycles. The summed E-state index contributed by atoms with van der Waals surface area (Å²) in [7, 11) is 6.05. The van der Waals surface area contributed by atoms with Gasteiger partial charge in [0.1, 0.15) is 0 Å². The predicted octanol–water partition coefficient (Wildman–Crippen LogP) is 1.68. The second-order valence-electron chi connectivity index (χ2n) is 4.91. The third-order valence-electron chi connectivity index (χ3n) is 3.16. The molecule has 0 amide bonds. The Bertz CT molecular complexity index is 382. The van der Waals surface area contributed by atoms with Crippen LogP contribution in [-0.4, -0.2) is 44.6 Å². The van der Waals surface area contributed by atoms with Crippen molar-refractivity contribution < 1.29 is 0 Å². The Morgan fingerprint density at radius 1 is 1.56 bits per heavy atom. The lowest BCUT2D eigenvalue weighted by Gasteiger charge is -2.25. The number of guanidine groups is 1. The molecule has 2 rings (SSSR count). The fourth-order valence-electron chi connectivity index (χ4n) is 1.87. The van der Waals surface area contributed by atoms with Crippen molar-refractivity contribution in [3.63, 3.8) is 0 Å². The van der Waals surface area contributed by atoms with Crippen LogP contribution in [0.4, 0.5) is 0 Å². The molecule has 1 aliphatic rings. The van der Waals surface area contributed by atoms with E-state index < -0.39 is 0 Å². The van der Waals surface area contributed by atoms with Crippen LogP contribution in [0.25, 0.3) is 0 Å². The molecule has 18 heavy (non-hydrogen) atoms. The molecule has 1 fully saturated rings. The van der Waals surface area contributed by atoms with Crippen LogP contribution in [0.3, 0.4) is 0 Å². The third kappa shape index (κ3) is 3.71. The zero-order chi connectivity index (χ0) is 13.0. The van der Waals surface area contributed by atoms with Gasteiger partial charge < -0.3 is 15.5 Å². The highest BCUT2D eigenvalue weighted by Crippen LogP contribution is 2.20. The SMILES string of the molecule is CN=C(NCC(c1ccsc1)N(C)C)NC1CC1. The Labute approximate surface area is 113 Å². The van der Waals surface area contributed by atoms with Gasteiger partial charge in [-0.1, -0.05) is 0 Å². The molecule has 0 bridgehead atoms. The normalized spacial score (nSPS) is 17.9. The maximum absolute atomic E-state index is 4.26. The summed E-state index contributed by atoms with van der Waals surface area (Å²) in [5.41, 5.74) is 1.36. The Morgan fingerprint density at radius 3 is 2.83 bits per heavy atom. The van der Waals surface area contributed by atoms with E-state index >= 15 is 0 Å². The molecule has 5 heteroatoms. The molecule has 1 aromatic heterocycles. The topological polar surface area (TPSA) is 39.7 Å². The number of nitrogens with one attached hydrogen (secondary N) is 2. The van der Waals surface area contributed by atoms with E-state index in [0.717, 1.165) is 12.5 Å². The first kappa shape index (κ1) is 13.4. The summed E-state index contributed by atoms with van der Waals surface area (Å²) >= 11 is 1.75. The zero-order valence-corrected chi connectivity index (χ0v) is 12.1. The second-order valence-corrected chi connectivity index (χ2v) is 5.69. The van der Waals surface area contributed by atoms with Crippen molar-refractivity contribution >= 4 is 17.3 Å². The molecule has 0 aromatic carbocycles. The van der Waals surface area contributed by atoms with Gasteiger partial charge in [0.05, 0.1) is 6.04 Å². The van der Waals surface area contributed by atoms with E-state index in [0.29, 0.717) is 12.1 Å². The first-order valence-electron chi connectivity index (χ1n) is 6.36. The predicted molar refractivity (Wildman–Crippen MR) is 78.3 cm³/mol. The van der Waals surface area contributed by atoms with Crippen molar-refractivity contribution in [3.05, 3.63) is 22.4 Å². The monoisotopic (exact) mass is 266 g/mol. The van der Waals surface area contributed by atoms with Gasteiger partial charge in [-0.2, -0.15) is 11.3 Å². The Kier molecular flexibility index (Phi) is 4.60. The molecule has 1 unspecified atom stereocenters. The standard InChI is InChI=1S/C13H22N4S/c1-14-13(16-11-4-5-11)15-8-12(17(2)3)10-6-7-18-9-10/h6-7,9,11-12H,4-5,8H2,1-3H3,(H2,14,15,16). The van der Waals surface area contributed by atoms with E-state index in [1.807, 2.05) is 7.05 Å². The molecule has 2 N–H and O–H groups in total. The van der Waals surface area contributed by atoms with Gasteiger partial charge >= 0.3 is 0 Å². The Hall–Kier alpha value is -1.07. The summed E-state index contributed by atoms with van der Waals surface area (Å²) in [6, 6.07) is 3.21. The van der Waals surface area contributed by atoms with Gasteiger partial charge in [0, 0.05) is 19.6 Å². The quantitative estimate of drug-likeness (QED) is 0.629. The summed E-state index contributed by atoms with van der Waals surface area (Å²) in [6.07, 6.45) is 2.53. The lowest BCUT2D eigenvalue weighted by molar-refractivity contribution is 0.299. The van der Waals surface area contributed by atoms with Gasteiger partial charge in [-0.3, -0.25) is 4.99 Å². The van der Waals surface area contributed by atoms with Gasteiger partial charge in [0.15, 0.2) is 5.96 Å². The van der Waals surface area contributed by atoms with Crippen LogP contribution in [-0.2, 0) is 0 Å². The number of hydrogen-bond donors (Lipinski definition) is 2. The van der Waals surface area contributed by atoms with Crippen molar-refractivity contribution in [1.29, 1.82) is 0 Å². The Balaban J connectivity index is 1.88. The van der Waals surface area contributed by atoms with E-state index in [9.17, 15) is 0 Å². The number of nitrogens with zero attached hydrogens (tertiary/aromatic N) is 2. The van der Waals surface area contributed by atoms with Crippen molar-refractivity contribution in [3.8, 4) is 0 Å². The highest BCUT2D eigenvalue weighted by atomic mass is 32.1. The summed E-state index contributed by atoms with van der Waals surface area (Å²) in [5, 5.41) is 11.2. The average Bonchev–Trinajstić information content (AvgIpc) is 3.00. The smallest absolute Gasteiger partial charge is 0.191 e. The summed E-state index contributed by atoms with van der Waals surface area (Å²) in [5.74, 6) is 0.916. The third-order valence-corrected chi connectivity index (χ3v) is 3.86. The maximum Gasteiger partial charge on any atom is 0.191 e. The van der Waals surface area contributed by atoms with Crippen molar-refractivity contribution in [1.82, 2.24) is 15.5 Å². The number of thiophene rings is 1. The summed E-state index contributed by atoms with van der Waals surface area (Å²) < 4.78 is 0. The highest BCUT2D eigenvalue weighted by Gasteiger charge is 2.22. The maximum atomic E-state index is 4.26. The van der Waals surface area contributed by atoms with E-state index in [-0.39, 0.29) is 0 Å². The first-order chi connectivity index (χ1) is 8.70. The summed E-state index contributed by atoms with van der Waals surface area (Å²) in [4.78, 5) is 6.49. The molecule has 1 aromatic rings. The molecule has 0 saturated heterocycles. The van der Waals surface area contributed by atoms with Crippen LogP contribution in [0.5, 0.6) is 0 Å². The summed E-state index contributed by atoms with van der Waals surface area (Å²) in [6.45, 7) is 0.871. The number of likely N-dealkylation sites (N-methyl/N-ethyl adjacent to an activating group) is 1. The van der Waals surface area contributed by atoms with Crippen LogP contribution >= 0.6 is 11.3 Å². The van der Waals surface area contributed by atoms with Crippen LogP contribution in [0.15, 0.2) is 21.8 Å². The minimum atomic E-state index is 0.383. The average molecular weight is 266 g/mol. The van der Waals surface area contributed by atoms with E-state index in [2.05, 4.69) is 51.4 Å². The van der Waals surface area contributed by atoms with E-state index in [1.165, 1.54) is 18.4 Å². The van der Waals surface area contributed by atoms with Gasteiger partial charge in [-0.05, 0) is 49.3 Å². The molecule has 0 spiro atoms. The molecule has 0 aliphatic heterocycles. The van der Waals surface area contributed by atoms with Crippen LogP contribution in [0.1, 0.15) is 24.4 Å². The lowest BCUT2D eigenvalue weighted by Crippen LogP contribution is -2.42. The van der Waals surface area contributed by atoms with Gasteiger partial charge in [0.25, 0.3) is 0 Å².